The molecule has 2 aromatic rings. The van der Waals surface area contributed by atoms with Gasteiger partial charge in [0.15, 0.2) is 23.6 Å². The van der Waals surface area contributed by atoms with Crippen LogP contribution in [0, 0.1) is 0 Å². The Labute approximate surface area is 164 Å². The van der Waals surface area contributed by atoms with E-state index in [4.69, 9.17) is 18.9 Å². The number of allylic oxidation sites excluding steroid dienone is 1. The Balaban J connectivity index is 1.72. The van der Waals surface area contributed by atoms with E-state index in [1.807, 2.05) is 6.07 Å². The molecule has 0 aliphatic carbocycles. The van der Waals surface area contributed by atoms with Gasteiger partial charge in [-0.2, -0.15) is 0 Å². The molecule has 0 spiro atoms. The van der Waals surface area contributed by atoms with E-state index in [0.29, 0.717) is 23.9 Å². The fourth-order valence-corrected chi connectivity index (χ4v) is 2.94. The molecule has 0 amide bonds. The largest absolute Gasteiger partial charge is 0.507 e. The van der Waals surface area contributed by atoms with Crippen LogP contribution in [0.25, 0.3) is 6.08 Å². The normalized spacial score (nSPS) is 16.7. The van der Waals surface area contributed by atoms with Gasteiger partial charge in [0.25, 0.3) is 0 Å². The molecule has 148 valence electrons. The van der Waals surface area contributed by atoms with E-state index in [2.05, 4.69) is 0 Å². The van der Waals surface area contributed by atoms with Crippen LogP contribution in [0.3, 0.4) is 0 Å². The number of carbonyl (C=O) groups excluding carboxylic acids is 1. The molecule has 1 unspecified atom stereocenters. The van der Waals surface area contributed by atoms with Gasteiger partial charge >= 0.3 is 0 Å². The summed E-state index contributed by atoms with van der Waals surface area (Å²) in [7, 11) is 3.06. The summed E-state index contributed by atoms with van der Waals surface area (Å²) in [6.07, 6.45) is 5.79. The average Bonchev–Trinajstić information content (AvgIpc) is 2.73. The molecular formula is C22H24O6. The number of phenolic OH excluding ortho intramolecular Hbond substituents is 1. The summed E-state index contributed by atoms with van der Waals surface area (Å²) in [5, 5.41) is 9.98. The maximum Gasteiger partial charge on any atom is 0.200 e. The fourth-order valence-electron chi connectivity index (χ4n) is 2.94. The van der Waals surface area contributed by atoms with Gasteiger partial charge in [0.05, 0.1) is 26.4 Å². The number of phenols is 1. The van der Waals surface area contributed by atoms with Crippen LogP contribution in [0.5, 0.6) is 23.0 Å². The van der Waals surface area contributed by atoms with Crippen molar-refractivity contribution in [3.8, 4) is 23.0 Å². The first kappa shape index (κ1) is 19.8. The predicted octanol–water partition coefficient (Wildman–Crippen LogP) is 4.21. The average molecular weight is 384 g/mol. The Kier molecular flexibility index (Phi) is 6.55. The molecule has 0 radical (unpaired) electrons. The molecule has 6 heteroatoms. The number of rotatable bonds is 7. The lowest BCUT2D eigenvalue weighted by atomic mass is 10.1. The van der Waals surface area contributed by atoms with E-state index < -0.39 is 0 Å². The summed E-state index contributed by atoms with van der Waals surface area (Å²) < 4.78 is 21.9. The molecule has 1 N–H and O–H groups in total. The number of hydrogen-bond donors (Lipinski definition) is 1. The molecular weight excluding hydrogens is 360 g/mol. The van der Waals surface area contributed by atoms with E-state index in [0.717, 1.165) is 24.8 Å². The van der Waals surface area contributed by atoms with Crippen LogP contribution in [-0.4, -0.2) is 38.0 Å². The minimum Gasteiger partial charge on any atom is -0.507 e. The predicted molar refractivity (Wildman–Crippen MR) is 105 cm³/mol. The Morgan fingerprint density at radius 3 is 2.64 bits per heavy atom. The van der Waals surface area contributed by atoms with Crippen molar-refractivity contribution < 1.29 is 28.8 Å². The number of hydrogen-bond acceptors (Lipinski definition) is 6. The molecule has 2 aromatic carbocycles. The van der Waals surface area contributed by atoms with Crippen molar-refractivity contribution in [1.29, 1.82) is 0 Å². The summed E-state index contributed by atoms with van der Waals surface area (Å²) in [5.74, 6) is 1.22. The maximum absolute atomic E-state index is 12.4. The Morgan fingerprint density at radius 2 is 1.96 bits per heavy atom. The maximum atomic E-state index is 12.4. The summed E-state index contributed by atoms with van der Waals surface area (Å²) >= 11 is 0. The molecule has 1 saturated heterocycles. The minimum absolute atomic E-state index is 0.122. The Morgan fingerprint density at radius 1 is 1.11 bits per heavy atom. The number of aromatic hydroxyl groups is 1. The highest BCUT2D eigenvalue weighted by Gasteiger charge is 2.17. The highest BCUT2D eigenvalue weighted by atomic mass is 16.7. The first-order chi connectivity index (χ1) is 13.6. The van der Waals surface area contributed by atoms with Crippen molar-refractivity contribution in [2.24, 2.45) is 0 Å². The van der Waals surface area contributed by atoms with Gasteiger partial charge in [0.2, 0.25) is 0 Å². The minimum atomic E-state index is -0.310. The molecule has 1 aliphatic heterocycles. The molecule has 1 fully saturated rings. The second-order valence-electron chi connectivity index (χ2n) is 6.40. The number of carbonyl (C=O) groups is 1. The SMILES string of the molecule is COc1ccc(C(=O)C=Cc2ccc(OC3CCCCO3)c(OC)c2)c(O)c1. The smallest absolute Gasteiger partial charge is 0.200 e. The van der Waals surface area contributed by atoms with Gasteiger partial charge in [-0.05, 0) is 48.7 Å². The van der Waals surface area contributed by atoms with Gasteiger partial charge < -0.3 is 24.1 Å². The Hall–Kier alpha value is -2.99. The zero-order valence-corrected chi connectivity index (χ0v) is 16.0. The summed E-state index contributed by atoms with van der Waals surface area (Å²) in [6.45, 7) is 0.703. The number of ether oxygens (including phenoxy) is 4. The van der Waals surface area contributed by atoms with E-state index in [1.54, 1.807) is 31.4 Å². The van der Waals surface area contributed by atoms with E-state index in [-0.39, 0.29) is 23.4 Å². The zero-order chi connectivity index (χ0) is 19.9. The van der Waals surface area contributed by atoms with Crippen molar-refractivity contribution in [2.45, 2.75) is 25.6 Å². The molecule has 6 nitrogen and oxygen atoms in total. The van der Waals surface area contributed by atoms with Crippen LogP contribution >= 0.6 is 0 Å². The van der Waals surface area contributed by atoms with Crippen molar-refractivity contribution in [2.75, 3.05) is 20.8 Å². The topological polar surface area (TPSA) is 74.2 Å². The van der Waals surface area contributed by atoms with E-state index in [1.165, 1.54) is 25.3 Å². The molecule has 0 aromatic heterocycles. The first-order valence-corrected chi connectivity index (χ1v) is 9.16. The monoisotopic (exact) mass is 384 g/mol. The van der Waals surface area contributed by atoms with E-state index >= 15 is 0 Å². The van der Waals surface area contributed by atoms with Crippen LogP contribution in [0.4, 0.5) is 0 Å². The Bertz CT molecular complexity index is 852. The molecule has 28 heavy (non-hydrogen) atoms. The number of methoxy groups -OCH3 is 2. The zero-order valence-electron chi connectivity index (χ0n) is 16.0. The summed E-state index contributed by atoms with van der Waals surface area (Å²) in [5.41, 5.74) is 0.980. The molecule has 3 rings (SSSR count). The van der Waals surface area contributed by atoms with Crippen molar-refractivity contribution in [3.63, 3.8) is 0 Å². The van der Waals surface area contributed by atoms with Crippen LogP contribution < -0.4 is 14.2 Å². The second kappa shape index (κ2) is 9.28. The van der Waals surface area contributed by atoms with Gasteiger partial charge in [-0.25, -0.2) is 0 Å². The van der Waals surface area contributed by atoms with Gasteiger partial charge in [0.1, 0.15) is 11.5 Å². The van der Waals surface area contributed by atoms with Crippen LogP contribution in [0.2, 0.25) is 0 Å². The van der Waals surface area contributed by atoms with Gasteiger partial charge in [-0.15, -0.1) is 0 Å². The third kappa shape index (κ3) is 4.84. The van der Waals surface area contributed by atoms with Crippen LogP contribution in [0.15, 0.2) is 42.5 Å². The van der Waals surface area contributed by atoms with E-state index in [9.17, 15) is 9.90 Å². The van der Waals surface area contributed by atoms with Crippen LogP contribution in [-0.2, 0) is 4.74 Å². The van der Waals surface area contributed by atoms with Gasteiger partial charge in [-0.1, -0.05) is 12.1 Å². The lowest BCUT2D eigenvalue weighted by molar-refractivity contribution is -0.106. The second-order valence-corrected chi connectivity index (χ2v) is 6.40. The van der Waals surface area contributed by atoms with Crippen molar-refractivity contribution in [3.05, 3.63) is 53.6 Å². The summed E-state index contributed by atoms with van der Waals surface area (Å²) in [4.78, 5) is 12.4. The molecule has 1 atom stereocenters. The number of benzene rings is 2. The van der Waals surface area contributed by atoms with Gasteiger partial charge in [0, 0.05) is 12.5 Å². The quantitative estimate of drug-likeness (QED) is 0.569. The summed E-state index contributed by atoms with van der Waals surface area (Å²) in [6, 6.07) is 9.98. The molecule has 1 aliphatic rings. The number of ketones is 1. The molecule has 1 heterocycles. The fraction of sp³-hybridized carbons (Fsp3) is 0.318. The first-order valence-electron chi connectivity index (χ1n) is 9.16. The van der Waals surface area contributed by atoms with Crippen LogP contribution in [0.1, 0.15) is 35.2 Å². The lowest BCUT2D eigenvalue weighted by Crippen LogP contribution is -2.25. The third-order valence-corrected chi connectivity index (χ3v) is 4.48. The molecule has 0 bridgehead atoms. The molecule has 0 saturated carbocycles. The highest BCUT2D eigenvalue weighted by molar-refractivity contribution is 6.08. The van der Waals surface area contributed by atoms with Crippen molar-refractivity contribution >= 4 is 11.9 Å². The lowest BCUT2D eigenvalue weighted by Gasteiger charge is -2.24. The van der Waals surface area contributed by atoms with Gasteiger partial charge in [-0.3, -0.25) is 4.79 Å². The highest BCUT2D eigenvalue weighted by Crippen LogP contribution is 2.31. The standard InChI is InChI=1S/C22H24O6/c1-25-16-8-9-17(19(24)14-16)18(23)10-6-15-7-11-20(21(13-15)26-2)28-22-5-3-4-12-27-22/h6-11,13-14,22,24H,3-5,12H2,1-2H3. The third-order valence-electron chi connectivity index (χ3n) is 4.48. The van der Waals surface area contributed by atoms with Crippen molar-refractivity contribution in [1.82, 2.24) is 0 Å².